The molecule has 0 spiro atoms. The lowest BCUT2D eigenvalue weighted by Gasteiger charge is -2.51. The second-order valence-electron chi connectivity index (χ2n) is 27.4. The van der Waals surface area contributed by atoms with Crippen LogP contribution in [0.25, 0.3) is 22.3 Å². The van der Waals surface area contributed by atoms with Gasteiger partial charge < -0.3 is 14.7 Å². The molecule has 3 nitrogen and oxygen atoms in total. The first kappa shape index (κ1) is 48.8. The lowest BCUT2D eigenvalue weighted by atomic mass is 9.33. The Kier molecular flexibility index (Phi) is 10.5. The zero-order chi connectivity index (χ0) is 53.2. The zero-order valence-electron chi connectivity index (χ0n) is 47.8. The second kappa shape index (κ2) is 16.4. The molecule has 0 saturated heterocycles. The van der Waals surface area contributed by atoms with Crippen molar-refractivity contribution in [3.63, 3.8) is 0 Å². The van der Waals surface area contributed by atoms with Crippen molar-refractivity contribution in [3.05, 3.63) is 197 Å². The lowest BCUT2D eigenvalue weighted by molar-refractivity contribution is 0.195. The third-order valence-corrected chi connectivity index (χ3v) is 19.3. The maximum absolute atomic E-state index is 2.80. The van der Waals surface area contributed by atoms with E-state index >= 15 is 0 Å². The summed E-state index contributed by atoms with van der Waals surface area (Å²) in [5, 5.41) is 0. The van der Waals surface area contributed by atoms with Crippen LogP contribution < -0.4 is 31.1 Å². The number of aryl methyl sites for hydroxylation is 1. The van der Waals surface area contributed by atoms with Crippen molar-refractivity contribution in [2.75, 3.05) is 14.7 Å². The highest BCUT2D eigenvalue weighted by molar-refractivity contribution is 7.00. The van der Waals surface area contributed by atoms with E-state index < -0.39 is 0 Å². The molecule has 2 atom stereocenters. The minimum absolute atomic E-state index is 0.00177. The molecule has 0 radical (unpaired) electrons. The first-order valence-electron chi connectivity index (χ1n) is 28.4. The highest BCUT2D eigenvalue weighted by atomic mass is 15.3. The molecule has 382 valence electrons. The van der Waals surface area contributed by atoms with Gasteiger partial charge in [0, 0.05) is 56.1 Å². The van der Waals surface area contributed by atoms with Gasteiger partial charge in [0.15, 0.2) is 0 Å². The van der Waals surface area contributed by atoms with Gasteiger partial charge in [-0.2, -0.15) is 0 Å². The van der Waals surface area contributed by atoms with Crippen molar-refractivity contribution < 1.29 is 0 Å². The summed E-state index contributed by atoms with van der Waals surface area (Å²) < 4.78 is 0. The molecule has 5 aliphatic rings. The summed E-state index contributed by atoms with van der Waals surface area (Å²) in [5.41, 5.74) is 28.7. The summed E-state index contributed by atoms with van der Waals surface area (Å²) in [4.78, 5) is 8.16. The van der Waals surface area contributed by atoms with Gasteiger partial charge in [-0.15, -0.1) is 0 Å². The number of fused-ring (bicyclic) bond motifs is 10. The fourth-order valence-corrected chi connectivity index (χ4v) is 14.8. The minimum Gasteiger partial charge on any atom is -0.334 e. The number of rotatable bonds is 4. The van der Waals surface area contributed by atoms with Gasteiger partial charge in [-0.25, -0.2) is 0 Å². The number of nitrogens with zero attached hydrogens (tertiary/aromatic N) is 3. The molecular formula is C72H76BN3. The van der Waals surface area contributed by atoms with Crippen LogP contribution in [0.3, 0.4) is 0 Å². The molecule has 0 aromatic heterocycles. The molecule has 3 heterocycles. The Bertz CT molecular complexity index is 3710. The standard InChI is InChI=1S/C72H76BN3/c1-45-39-63-66-64(40-45)75(61-28-22-27-54-65(61)51-25-18-19-26-53(51)70(54,11)12)60-36-31-49(69(8,9)10)43-57(60)73(66)56-33-32-50(76-59-35-30-48(68(5,6)7)42-55(59)71(13)37-20-21-38-72(71,76)14)44-62(56)74(63)58-34-29-47(67(2,3)4)41-52(58)46-23-16-15-17-24-46/h15-19,22-36,39-44H,20-21,37-38H2,1-14H3. The molecule has 0 N–H and O–H groups in total. The van der Waals surface area contributed by atoms with Gasteiger partial charge in [0.2, 0.25) is 0 Å². The van der Waals surface area contributed by atoms with Crippen molar-refractivity contribution >= 4 is 68.6 Å². The largest absolute Gasteiger partial charge is 0.334 e. The SMILES string of the molecule is Cc1cc2c3c(c1)N(c1cccc4c1-c1ccccc1C4(C)C)c1ccc(C(C)(C)C)cc1B3c1ccc(N3c4ccc(C(C)(C)C)cc4C4(C)CCCCC34C)cc1N2c1ccc(C(C)(C)C)cc1-c1ccccc1. The van der Waals surface area contributed by atoms with Crippen molar-refractivity contribution in [2.24, 2.45) is 0 Å². The Hall–Kier alpha value is -6.78. The molecule has 1 fully saturated rings. The van der Waals surface area contributed by atoms with E-state index in [2.05, 4.69) is 269 Å². The summed E-state index contributed by atoms with van der Waals surface area (Å²) in [6.45, 7) is 33.5. The fraction of sp³-hybridized carbons (Fsp3) is 0.333. The molecule has 1 saturated carbocycles. The van der Waals surface area contributed by atoms with Crippen LogP contribution in [0.1, 0.15) is 155 Å². The van der Waals surface area contributed by atoms with Gasteiger partial charge in [-0.1, -0.05) is 199 Å². The maximum Gasteiger partial charge on any atom is 0.252 e. The smallest absolute Gasteiger partial charge is 0.252 e. The van der Waals surface area contributed by atoms with E-state index in [1.807, 2.05) is 0 Å². The molecule has 76 heavy (non-hydrogen) atoms. The number of hydrogen-bond acceptors (Lipinski definition) is 3. The van der Waals surface area contributed by atoms with Gasteiger partial charge in [-0.05, 0) is 164 Å². The summed E-state index contributed by atoms with van der Waals surface area (Å²) in [6, 6.07) is 62.3. The minimum atomic E-state index is -0.136. The molecule has 0 amide bonds. The van der Waals surface area contributed by atoms with E-state index in [1.54, 1.807) is 0 Å². The monoisotopic (exact) mass is 994 g/mol. The molecule has 0 bridgehead atoms. The van der Waals surface area contributed by atoms with E-state index in [1.165, 1.54) is 142 Å². The van der Waals surface area contributed by atoms with Crippen molar-refractivity contribution in [3.8, 4) is 22.3 Å². The topological polar surface area (TPSA) is 9.72 Å². The van der Waals surface area contributed by atoms with Crippen LogP contribution in [0, 0.1) is 6.92 Å². The lowest BCUT2D eigenvalue weighted by Crippen LogP contribution is -2.61. The zero-order valence-corrected chi connectivity index (χ0v) is 47.8. The molecule has 13 rings (SSSR count). The van der Waals surface area contributed by atoms with Crippen LogP contribution in [-0.4, -0.2) is 12.3 Å². The Morgan fingerprint density at radius 3 is 1.72 bits per heavy atom. The summed E-state index contributed by atoms with van der Waals surface area (Å²) in [6.07, 6.45) is 4.82. The molecule has 4 heteroatoms. The Morgan fingerprint density at radius 2 is 1.03 bits per heavy atom. The van der Waals surface area contributed by atoms with E-state index in [9.17, 15) is 0 Å². The number of benzene rings is 8. The van der Waals surface area contributed by atoms with Gasteiger partial charge in [0.1, 0.15) is 0 Å². The van der Waals surface area contributed by atoms with E-state index in [0.717, 1.165) is 6.42 Å². The van der Waals surface area contributed by atoms with Crippen LogP contribution in [0.4, 0.5) is 45.5 Å². The van der Waals surface area contributed by atoms with Gasteiger partial charge in [0.05, 0.1) is 16.9 Å². The van der Waals surface area contributed by atoms with Crippen LogP contribution >= 0.6 is 0 Å². The number of anilines is 8. The Morgan fingerprint density at radius 1 is 0.434 bits per heavy atom. The quantitative estimate of drug-likeness (QED) is 0.163. The third-order valence-electron chi connectivity index (χ3n) is 19.3. The average molecular weight is 994 g/mol. The molecule has 2 aliphatic carbocycles. The van der Waals surface area contributed by atoms with E-state index in [0.29, 0.717) is 0 Å². The molecule has 3 aliphatic heterocycles. The summed E-state index contributed by atoms with van der Waals surface area (Å²) >= 11 is 0. The van der Waals surface area contributed by atoms with Crippen LogP contribution in [0.15, 0.2) is 158 Å². The Balaban J connectivity index is 1.13. The normalized spacial score (nSPS) is 19.9. The first-order valence-corrected chi connectivity index (χ1v) is 28.4. The average Bonchev–Trinajstić information content (AvgIpc) is 3.92. The highest BCUT2D eigenvalue weighted by Crippen LogP contribution is 2.62. The summed E-state index contributed by atoms with van der Waals surface area (Å²) in [5.74, 6) is 0. The van der Waals surface area contributed by atoms with Crippen LogP contribution in [-0.2, 0) is 27.1 Å². The first-order chi connectivity index (χ1) is 36.0. The van der Waals surface area contributed by atoms with E-state index in [4.69, 9.17) is 0 Å². The molecule has 2 unspecified atom stereocenters. The van der Waals surface area contributed by atoms with Gasteiger partial charge >= 0.3 is 0 Å². The number of hydrogen-bond donors (Lipinski definition) is 0. The van der Waals surface area contributed by atoms with Crippen LogP contribution in [0.5, 0.6) is 0 Å². The van der Waals surface area contributed by atoms with E-state index in [-0.39, 0.29) is 39.3 Å². The Labute approximate surface area is 455 Å². The van der Waals surface area contributed by atoms with Crippen LogP contribution in [0.2, 0.25) is 0 Å². The van der Waals surface area contributed by atoms with Crippen molar-refractivity contribution in [2.45, 2.75) is 155 Å². The van der Waals surface area contributed by atoms with Crippen molar-refractivity contribution in [1.82, 2.24) is 0 Å². The fourth-order valence-electron chi connectivity index (χ4n) is 14.8. The predicted molar refractivity (Wildman–Crippen MR) is 327 cm³/mol. The molecule has 8 aromatic rings. The summed E-state index contributed by atoms with van der Waals surface area (Å²) in [7, 11) is 0. The highest BCUT2D eigenvalue weighted by Gasteiger charge is 2.58. The molecular weight excluding hydrogens is 918 g/mol. The molecule has 8 aromatic carbocycles. The van der Waals surface area contributed by atoms with Gasteiger partial charge in [-0.3, -0.25) is 0 Å². The van der Waals surface area contributed by atoms with Crippen molar-refractivity contribution in [1.29, 1.82) is 0 Å². The maximum atomic E-state index is 2.80. The predicted octanol–water partition coefficient (Wildman–Crippen LogP) is 17.7. The third kappa shape index (κ3) is 6.93. The second-order valence-corrected chi connectivity index (χ2v) is 27.4. The van der Waals surface area contributed by atoms with Gasteiger partial charge in [0.25, 0.3) is 6.71 Å².